The molecule has 0 radical (unpaired) electrons. The molecule has 0 aliphatic rings. The molecule has 0 aliphatic heterocycles. The molecule has 0 aromatic heterocycles. The molecule has 1 N–H and O–H groups in total. The summed E-state index contributed by atoms with van der Waals surface area (Å²) in [5, 5.41) is 0. The maximum Gasteiger partial charge on any atom is 0.309 e. The van der Waals surface area contributed by atoms with Gasteiger partial charge >= 0.3 is 5.97 Å². The Hall–Kier alpha value is -1.40. The van der Waals surface area contributed by atoms with Crippen LogP contribution in [0.15, 0.2) is 29.2 Å². The van der Waals surface area contributed by atoms with Crippen LogP contribution in [0.4, 0.5) is 0 Å². The summed E-state index contributed by atoms with van der Waals surface area (Å²) in [6.45, 7) is 4.50. The van der Waals surface area contributed by atoms with E-state index in [0.29, 0.717) is 12.5 Å². The molecular weight excluding hydrogens is 278 g/mol. The minimum Gasteiger partial charge on any atom is -0.469 e. The number of nitrogens with one attached hydrogen (secondary N) is 1. The molecule has 0 unspecified atom stereocenters. The highest BCUT2D eigenvalue weighted by Gasteiger charge is 2.13. The second kappa shape index (κ2) is 7.40. The first-order valence-electron chi connectivity index (χ1n) is 6.50. The molecule has 0 atom stereocenters. The SMILES string of the molecule is COC(=O)Cc1ccc(S(=O)(=O)NCCC(C)C)cc1. The van der Waals surface area contributed by atoms with Crippen LogP contribution in [0, 0.1) is 5.92 Å². The van der Waals surface area contributed by atoms with Gasteiger partial charge in [-0.15, -0.1) is 0 Å². The van der Waals surface area contributed by atoms with E-state index < -0.39 is 10.0 Å². The van der Waals surface area contributed by atoms with E-state index in [0.717, 1.165) is 12.0 Å². The fourth-order valence-electron chi connectivity index (χ4n) is 1.59. The quantitative estimate of drug-likeness (QED) is 0.778. The second-order valence-electron chi connectivity index (χ2n) is 4.98. The minimum absolute atomic E-state index is 0.137. The van der Waals surface area contributed by atoms with E-state index in [1.165, 1.54) is 19.2 Å². The Morgan fingerprint density at radius 2 is 1.85 bits per heavy atom. The van der Waals surface area contributed by atoms with Gasteiger partial charge < -0.3 is 4.74 Å². The zero-order valence-electron chi connectivity index (χ0n) is 12.0. The lowest BCUT2D eigenvalue weighted by atomic mass is 10.1. The number of esters is 1. The number of ether oxygens (including phenoxy) is 1. The third-order valence-corrected chi connectivity index (χ3v) is 4.30. The lowest BCUT2D eigenvalue weighted by molar-refractivity contribution is -0.139. The van der Waals surface area contributed by atoms with Gasteiger partial charge in [0.15, 0.2) is 0 Å². The number of hydrogen-bond donors (Lipinski definition) is 1. The Morgan fingerprint density at radius 1 is 1.25 bits per heavy atom. The highest BCUT2D eigenvalue weighted by molar-refractivity contribution is 7.89. The van der Waals surface area contributed by atoms with Crippen molar-refractivity contribution in [1.29, 1.82) is 0 Å². The smallest absolute Gasteiger partial charge is 0.309 e. The van der Waals surface area contributed by atoms with Gasteiger partial charge in [0.1, 0.15) is 0 Å². The van der Waals surface area contributed by atoms with Crippen LogP contribution >= 0.6 is 0 Å². The van der Waals surface area contributed by atoms with Crippen molar-refractivity contribution in [3.05, 3.63) is 29.8 Å². The normalized spacial score (nSPS) is 11.6. The largest absolute Gasteiger partial charge is 0.469 e. The second-order valence-corrected chi connectivity index (χ2v) is 6.74. The van der Waals surface area contributed by atoms with Crippen LogP contribution in [0.3, 0.4) is 0 Å². The van der Waals surface area contributed by atoms with Crippen molar-refractivity contribution >= 4 is 16.0 Å². The number of sulfonamides is 1. The van der Waals surface area contributed by atoms with Gasteiger partial charge in [0.2, 0.25) is 10.0 Å². The zero-order valence-corrected chi connectivity index (χ0v) is 12.9. The van der Waals surface area contributed by atoms with E-state index in [2.05, 4.69) is 9.46 Å². The fraction of sp³-hybridized carbons (Fsp3) is 0.500. The molecule has 0 bridgehead atoms. The van der Waals surface area contributed by atoms with Crippen molar-refractivity contribution in [2.24, 2.45) is 5.92 Å². The Balaban J connectivity index is 2.69. The van der Waals surface area contributed by atoms with E-state index >= 15 is 0 Å². The van der Waals surface area contributed by atoms with Gasteiger partial charge in [-0.2, -0.15) is 0 Å². The summed E-state index contributed by atoms with van der Waals surface area (Å²) in [6.07, 6.45) is 0.928. The summed E-state index contributed by atoms with van der Waals surface area (Å²) in [4.78, 5) is 11.3. The van der Waals surface area contributed by atoms with Crippen LogP contribution in [-0.2, 0) is 26.0 Å². The monoisotopic (exact) mass is 299 g/mol. The van der Waals surface area contributed by atoms with Crippen LogP contribution in [0.5, 0.6) is 0 Å². The topological polar surface area (TPSA) is 72.5 Å². The van der Waals surface area contributed by atoms with Crippen molar-refractivity contribution < 1.29 is 17.9 Å². The average molecular weight is 299 g/mol. The molecule has 20 heavy (non-hydrogen) atoms. The first-order chi connectivity index (χ1) is 9.35. The van der Waals surface area contributed by atoms with Crippen molar-refractivity contribution in [2.75, 3.05) is 13.7 Å². The molecule has 0 aliphatic carbocycles. The highest BCUT2D eigenvalue weighted by Crippen LogP contribution is 2.11. The Morgan fingerprint density at radius 3 is 2.35 bits per heavy atom. The van der Waals surface area contributed by atoms with E-state index in [4.69, 9.17) is 0 Å². The average Bonchev–Trinajstić information content (AvgIpc) is 2.38. The summed E-state index contributed by atoms with van der Waals surface area (Å²) >= 11 is 0. The van der Waals surface area contributed by atoms with E-state index in [1.54, 1.807) is 12.1 Å². The van der Waals surface area contributed by atoms with Gasteiger partial charge in [0.25, 0.3) is 0 Å². The molecule has 0 saturated carbocycles. The van der Waals surface area contributed by atoms with Crippen molar-refractivity contribution in [3.8, 4) is 0 Å². The number of benzene rings is 1. The standard InChI is InChI=1S/C14H21NO4S/c1-11(2)8-9-15-20(17,18)13-6-4-12(5-7-13)10-14(16)19-3/h4-7,11,15H,8-10H2,1-3H3. The Bertz CT molecular complexity index is 535. The third-order valence-electron chi connectivity index (χ3n) is 2.82. The molecule has 1 aromatic rings. The molecule has 1 rings (SSSR count). The third kappa shape index (κ3) is 5.30. The lowest BCUT2D eigenvalue weighted by Gasteiger charge is -2.09. The predicted molar refractivity (Wildman–Crippen MR) is 76.8 cm³/mol. The van der Waals surface area contributed by atoms with Crippen LogP contribution in [-0.4, -0.2) is 28.0 Å². The number of rotatable bonds is 7. The first-order valence-corrected chi connectivity index (χ1v) is 7.99. The maximum absolute atomic E-state index is 12.0. The molecule has 0 spiro atoms. The highest BCUT2D eigenvalue weighted by atomic mass is 32.2. The summed E-state index contributed by atoms with van der Waals surface area (Å²) in [7, 11) is -2.15. The molecule has 112 valence electrons. The molecule has 0 fully saturated rings. The number of carbonyl (C=O) groups is 1. The Kier molecular flexibility index (Phi) is 6.16. The van der Waals surface area contributed by atoms with E-state index in [9.17, 15) is 13.2 Å². The summed E-state index contributed by atoms with van der Waals surface area (Å²) < 4.78 is 31.1. The molecular formula is C14H21NO4S. The van der Waals surface area contributed by atoms with Crippen LogP contribution < -0.4 is 4.72 Å². The zero-order chi connectivity index (χ0) is 15.2. The van der Waals surface area contributed by atoms with Gasteiger partial charge in [-0.25, -0.2) is 13.1 Å². The van der Waals surface area contributed by atoms with Crippen LogP contribution in [0.25, 0.3) is 0 Å². The van der Waals surface area contributed by atoms with Gasteiger partial charge in [0.05, 0.1) is 18.4 Å². The Labute approximate surface area is 120 Å². The number of carbonyl (C=O) groups excluding carboxylic acids is 1. The first kappa shape index (κ1) is 16.7. The van der Waals surface area contributed by atoms with E-state index in [1.807, 2.05) is 13.8 Å². The number of hydrogen-bond acceptors (Lipinski definition) is 4. The summed E-state index contributed by atoms with van der Waals surface area (Å²) in [5.74, 6) is 0.0933. The minimum atomic E-state index is -3.47. The molecule has 1 aromatic carbocycles. The fourth-order valence-corrected chi connectivity index (χ4v) is 2.64. The van der Waals surface area contributed by atoms with E-state index in [-0.39, 0.29) is 17.3 Å². The predicted octanol–water partition coefficient (Wildman–Crippen LogP) is 1.73. The number of methoxy groups -OCH3 is 1. The molecule has 0 amide bonds. The van der Waals surface area contributed by atoms with Crippen LogP contribution in [0.1, 0.15) is 25.8 Å². The molecule has 0 heterocycles. The van der Waals surface area contributed by atoms with Crippen LogP contribution in [0.2, 0.25) is 0 Å². The maximum atomic E-state index is 12.0. The van der Waals surface area contributed by atoms with Gasteiger partial charge in [-0.1, -0.05) is 26.0 Å². The molecule has 6 heteroatoms. The van der Waals surface area contributed by atoms with Crippen molar-refractivity contribution in [2.45, 2.75) is 31.6 Å². The summed E-state index contributed by atoms with van der Waals surface area (Å²) in [5.41, 5.74) is 0.720. The summed E-state index contributed by atoms with van der Waals surface area (Å²) in [6, 6.07) is 6.23. The van der Waals surface area contributed by atoms with Crippen molar-refractivity contribution in [1.82, 2.24) is 4.72 Å². The lowest BCUT2D eigenvalue weighted by Crippen LogP contribution is -2.25. The van der Waals surface area contributed by atoms with Gasteiger partial charge in [-0.05, 0) is 30.0 Å². The molecule has 0 saturated heterocycles. The van der Waals surface area contributed by atoms with Gasteiger partial charge in [0, 0.05) is 6.54 Å². The van der Waals surface area contributed by atoms with Gasteiger partial charge in [-0.3, -0.25) is 4.79 Å². The van der Waals surface area contributed by atoms with Crippen molar-refractivity contribution in [3.63, 3.8) is 0 Å². The molecule has 5 nitrogen and oxygen atoms in total.